The van der Waals surface area contributed by atoms with Crippen molar-refractivity contribution in [2.24, 2.45) is 5.92 Å². The van der Waals surface area contributed by atoms with Crippen molar-refractivity contribution < 1.29 is 10.2 Å². The zero-order valence-corrected chi connectivity index (χ0v) is 7.88. The maximum Gasteiger partial charge on any atom is 0.0715 e. The lowest BCUT2D eigenvalue weighted by Gasteiger charge is -2.19. The summed E-state index contributed by atoms with van der Waals surface area (Å²) in [6, 6.07) is 0. The van der Waals surface area contributed by atoms with E-state index in [-0.39, 0.29) is 6.10 Å². The number of aliphatic hydroxyl groups excluding tert-OH is 1. The van der Waals surface area contributed by atoms with E-state index in [0.29, 0.717) is 19.0 Å². The van der Waals surface area contributed by atoms with Crippen LogP contribution < -0.4 is 5.32 Å². The summed E-state index contributed by atoms with van der Waals surface area (Å²) in [5, 5.41) is 21.8. The number of hydrogen-bond acceptors (Lipinski definition) is 3. The smallest absolute Gasteiger partial charge is 0.0715 e. The number of aliphatic hydroxyl groups is 2. The minimum Gasteiger partial charge on any atom is -0.392 e. The average molecular weight is 173 g/mol. The Kier molecular flexibility index (Phi) is 3.09. The van der Waals surface area contributed by atoms with Gasteiger partial charge in [-0.1, -0.05) is 0 Å². The molecule has 3 heteroatoms. The lowest BCUT2D eigenvalue weighted by Crippen LogP contribution is -2.39. The SMILES string of the molecule is CC(C)(O)CNCC(O)C1CC1. The number of rotatable bonds is 5. The third-order valence-corrected chi connectivity index (χ3v) is 2.08. The van der Waals surface area contributed by atoms with Gasteiger partial charge in [0.1, 0.15) is 0 Å². The van der Waals surface area contributed by atoms with Crippen molar-refractivity contribution in [3.63, 3.8) is 0 Å². The molecule has 0 aromatic rings. The Bertz CT molecular complexity index is 138. The predicted molar refractivity (Wildman–Crippen MR) is 47.9 cm³/mol. The van der Waals surface area contributed by atoms with E-state index in [1.807, 2.05) is 0 Å². The summed E-state index contributed by atoms with van der Waals surface area (Å²) in [6.45, 7) is 4.65. The highest BCUT2D eigenvalue weighted by molar-refractivity contribution is 4.82. The van der Waals surface area contributed by atoms with Gasteiger partial charge >= 0.3 is 0 Å². The molecule has 0 aliphatic heterocycles. The molecule has 12 heavy (non-hydrogen) atoms. The van der Waals surface area contributed by atoms with E-state index in [2.05, 4.69) is 5.32 Å². The van der Waals surface area contributed by atoms with Gasteiger partial charge in [0.2, 0.25) is 0 Å². The topological polar surface area (TPSA) is 52.5 Å². The summed E-state index contributed by atoms with van der Waals surface area (Å²) in [5.74, 6) is 0.513. The molecular formula is C9H19NO2. The molecule has 72 valence electrons. The molecule has 1 atom stereocenters. The van der Waals surface area contributed by atoms with Crippen molar-refractivity contribution in [3.05, 3.63) is 0 Å². The third kappa shape index (κ3) is 4.04. The molecule has 1 aliphatic rings. The van der Waals surface area contributed by atoms with Crippen molar-refractivity contribution in [2.75, 3.05) is 13.1 Å². The van der Waals surface area contributed by atoms with Gasteiger partial charge in [-0.2, -0.15) is 0 Å². The fraction of sp³-hybridized carbons (Fsp3) is 1.00. The second-order valence-electron chi connectivity index (χ2n) is 4.35. The Morgan fingerprint density at radius 2 is 2.08 bits per heavy atom. The minimum absolute atomic E-state index is 0.215. The van der Waals surface area contributed by atoms with Gasteiger partial charge in [-0.05, 0) is 32.6 Å². The Morgan fingerprint density at radius 3 is 2.50 bits per heavy atom. The zero-order chi connectivity index (χ0) is 9.19. The first-order valence-electron chi connectivity index (χ1n) is 4.60. The summed E-state index contributed by atoms with van der Waals surface area (Å²) in [5.41, 5.74) is -0.677. The lowest BCUT2D eigenvalue weighted by atomic mass is 10.1. The van der Waals surface area contributed by atoms with Gasteiger partial charge in [0.25, 0.3) is 0 Å². The van der Waals surface area contributed by atoms with Gasteiger partial charge in [0.05, 0.1) is 11.7 Å². The number of hydrogen-bond donors (Lipinski definition) is 3. The molecule has 0 spiro atoms. The maximum atomic E-state index is 9.44. The normalized spacial score (nSPS) is 21.0. The van der Waals surface area contributed by atoms with E-state index >= 15 is 0 Å². The highest BCUT2D eigenvalue weighted by Gasteiger charge is 2.29. The van der Waals surface area contributed by atoms with Crippen molar-refractivity contribution in [1.29, 1.82) is 0 Å². The summed E-state index contributed by atoms with van der Waals surface area (Å²) < 4.78 is 0. The Morgan fingerprint density at radius 1 is 1.50 bits per heavy atom. The van der Waals surface area contributed by atoms with Crippen molar-refractivity contribution in [2.45, 2.75) is 38.4 Å². The van der Waals surface area contributed by atoms with E-state index in [1.54, 1.807) is 13.8 Å². The van der Waals surface area contributed by atoms with Gasteiger partial charge in [0, 0.05) is 13.1 Å². The van der Waals surface area contributed by atoms with Gasteiger partial charge in [-0.3, -0.25) is 0 Å². The molecule has 0 heterocycles. The summed E-state index contributed by atoms with van der Waals surface area (Å²) in [4.78, 5) is 0. The van der Waals surface area contributed by atoms with Gasteiger partial charge in [-0.25, -0.2) is 0 Å². The van der Waals surface area contributed by atoms with Gasteiger partial charge in [-0.15, -0.1) is 0 Å². The minimum atomic E-state index is -0.677. The van der Waals surface area contributed by atoms with Crippen LogP contribution in [0, 0.1) is 5.92 Å². The molecule has 1 aliphatic carbocycles. The molecule has 1 rings (SSSR count). The van der Waals surface area contributed by atoms with Crippen LogP contribution in [0.2, 0.25) is 0 Å². The fourth-order valence-corrected chi connectivity index (χ4v) is 1.17. The van der Waals surface area contributed by atoms with Gasteiger partial charge < -0.3 is 15.5 Å². The van der Waals surface area contributed by atoms with Crippen LogP contribution >= 0.6 is 0 Å². The molecule has 0 amide bonds. The van der Waals surface area contributed by atoms with Crippen LogP contribution in [-0.4, -0.2) is 35.0 Å². The van der Waals surface area contributed by atoms with E-state index in [0.717, 1.165) is 12.8 Å². The fourth-order valence-electron chi connectivity index (χ4n) is 1.17. The van der Waals surface area contributed by atoms with Crippen LogP contribution in [0.4, 0.5) is 0 Å². The van der Waals surface area contributed by atoms with Crippen LogP contribution in [-0.2, 0) is 0 Å². The molecule has 0 saturated heterocycles. The maximum absolute atomic E-state index is 9.44. The second kappa shape index (κ2) is 3.73. The standard InChI is InChI=1S/C9H19NO2/c1-9(2,12)6-10-5-8(11)7-3-4-7/h7-8,10-12H,3-6H2,1-2H3. The predicted octanol–water partition coefficient (Wildman–Crippen LogP) is 0.118. The first-order valence-corrected chi connectivity index (χ1v) is 4.60. The summed E-state index contributed by atoms with van der Waals surface area (Å²) in [6.07, 6.45) is 2.10. The highest BCUT2D eigenvalue weighted by Crippen LogP contribution is 2.32. The monoisotopic (exact) mass is 173 g/mol. The molecule has 0 aromatic heterocycles. The van der Waals surface area contributed by atoms with Gasteiger partial charge in [0.15, 0.2) is 0 Å². The molecule has 1 saturated carbocycles. The third-order valence-electron chi connectivity index (χ3n) is 2.08. The van der Waals surface area contributed by atoms with Crippen LogP contribution in [0.1, 0.15) is 26.7 Å². The van der Waals surface area contributed by atoms with Crippen molar-refractivity contribution in [3.8, 4) is 0 Å². The lowest BCUT2D eigenvalue weighted by molar-refractivity contribution is 0.0720. The Labute approximate surface area is 73.8 Å². The Hall–Kier alpha value is -0.120. The summed E-state index contributed by atoms with van der Waals surface area (Å²) in [7, 11) is 0. The van der Waals surface area contributed by atoms with E-state index in [9.17, 15) is 10.2 Å². The molecule has 3 nitrogen and oxygen atoms in total. The Balaban J connectivity index is 2.01. The van der Waals surface area contributed by atoms with Crippen LogP contribution in [0.25, 0.3) is 0 Å². The molecule has 1 unspecified atom stereocenters. The van der Waals surface area contributed by atoms with E-state index < -0.39 is 5.60 Å². The van der Waals surface area contributed by atoms with E-state index in [1.165, 1.54) is 0 Å². The van der Waals surface area contributed by atoms with Crippen molar-refractivity contribution >= 4 is 0 Å². The second-order valence-corrected chi connectivity index (χ2v) is 4.35. The van der Waals surface area contributed by atoms with Crippen LogP contribution in [0.5, 0.6) is 0 Å². The molecule has 0 aromatic carbocycles. The average Bonchev–Trinajstić information content (AvgIpc) is 2.64. The number of nitrogens with one attached hydrogen (secondary N) is 1. The first kappa shape index (κ1) is 9.96. The molecule has 0 bridgehead atoms. The molecule has 1 fully saturated rings. The molecular weight excluding hydrogens is 154 g/mol. The van der Waals surface area contributed by atoms with E-state index in [4.69, 9.17) is 0 Å². The molecule has 0 radical (unpaired) electrons. The summed E-state index contributed by atoms with van der Waals surface area (Å²) >= 11 is 0. The van der Waals surface area contributed by atoms with Crippen molar-refractivity contribution in [1.82, 2.24) is 5.32 Å². The molecule has 3 N–H and O–H groups in total. The zero-order valence-electron chi connectivity index (χ0n) is 7.88. The highest BCUT2D eigenvalue weighted by atomic mass is 16.3. The quantitative estimate of drug-likeness (QED) is 0.553. The van der Waals surface area contributed by atoms with Crippen LogP contribution in [0.15, 0.2) is 0 Å². The van der Waals surface area contributed by atoms with Crippen LogP contribution in [0.3, 0.4) is 0 Å². The first-order chi connectivity index (χ1) is 5.49. The largest absolute Gasteiger partial charge is 0.392 e.